The third-order valence-corrected chi connectivity index (χ3v) is 3.69. The standard InChI is InChI=1S/C16H17N3O2.2H2/c1-9(2)21-16(20)18-11-6-13-12-5-10(8-17)3-4-14(12)19-15(13)7-11;;/h3-5,9,11,19H,6-7H2,1-2H3,(H,18,20);2*1H/t11-;;/m0../s1. The van der Waals surface area contributed by atoms with Crippen LogP contribution in [0, 0.1) is 11.3 Å². The van der Waals surface area contributed by atoms with Crippen molar-refractivity contribution in [3.05, 3.63) is 35.0 Å². The summed E-state index contributed by atoms with van der Waals surface area (Å²) >= 11 is 0. The predicted octanol–water partition coefficient (Wildman–Crippen LogP) is 3.13. The first-order chi connectivity index (χ1) is 10.1. The topological polar surface area (TPSA) is 77.9 Å². The lowest BCUT2D eigenvalue weighted by Crippen LogP contribution is -2.37. The third kappa shape index (κ3) is 2.57. The van der Waals surface area contributed by atoms with Gasteiger partial charge in [0.2, 0.25) is 0 Å². The normalized spacial score (nSPS) is 16.8. The Hall–Kier alpha value is -2.48. The van der Waals surface area contributed by atoms with E-state index in [1.54, 1.807) is 0 Å². The summed E-state index contributed by atoms with van der Waals surface area (Å²) in [6.45, 7) is 3.65. The zero-order valence-electron chi connectivity index (χ0n) is 12.1. The number of nitrogens with one attached hydrogen (secondary N) is 2. The predicted molar refractivity (Wildman–Crippen MR) is 83.2 cm³/mol. The molecule has 3 rings (SSSR count). The van der Waals surface area contributed by atoms with Gasteiger partial charge in [0.15, 0.2) is 0 Å². The van der Waals surface area contributed by atoms with E-state index in [-0.39, 0.29) is 21.1 Å². The summed E-state index contributed by atoms with van der Waals surface area (Å²) in [4.78, 5) is 15.0. The van der Waals surface area contributed by atoms with Gasteiger partial charge in [-0.05, 0) is 44.0 Å². The Morgan fingerprint density at radius 2 is 2.33 bits per heavy atom. The molecular formula is C16H21N3O2. The molecule has 0 radical (unpaired) electrons. The molecular weight excluding hydrogens is 266 g/mol. The first-order valence-corrected chi connectivity index (χ1v) is 7.07. The number of hydrogen-bond donors (Lipinski definition) is 2. The number of nitriles is 1. The number of ether oxygens (including phenoxy) is 1. The maximum atomic E-state index is 11.7. The number of benzene rings is 1. The van der Waals surface area contributed by atoms with Gasteiger partial charge in [0.25, 0.3) is 0 Å². The molecule has 0 saturated carbocycles. The highest BCUT2D eigenvalue weighted by molar-refractivity contribution is 5.86. The lowest BCUT2D eigenvalue weighted by molar-refractivity contribution is 0.112. The van der Waals surface area contributed by atoms with Gasteiger partial charge >= 0.3 is 6.09 Å². The van der Waals surface area contributed by atoms with Crippen LogP contribution in [0.1, 0.15) is 33.5 Å². The molecule has 2 aromatic rings. The van der Waals surface area contributed by atoms with Crippen LogP contribution in [0.25, 0.3) is 10.9 Å². The molecule has 2 N–H and O–H groups in total. The van der Waals surface area contributed by atoms with Crippen molar-refractivity contribution in [2.45, 2.75) is 38.8 Å². The molecule has 5 nitrogen and oxygen atoms in total. The van der Waals surface area contributed by atoms with E-state index in [0.717, 1.165) is 29.4 Å². The van der Waals surface area contributed by atoms with Crippen LogP contribution in [0.4, 0.5) is 4.79 Å². The van der Waals surface area contributed by atoms with Crippen LogP contribution in [0.2, 0.25) is 0 Å². The molecule has 1 aliphatic carbocycles. The van der Waals surface area contributed by atoms with E-state index in [1.807, 2.05) is 32.0 Å². The maximum Gasteiger partial charge on any atom is 0.407 e. The summed E-state index contributed by atoms with van der Waals surface area (Å²) in [5.41, 5.74) is 4.02. The van der Waals surface area contributed by atoms with Crippen LogP contribution in [-0.2, 0) is 17.6 Å². The number of fused-ring (bicyclic) bond motifs is 3. The Kier molecular flexibility index (Phi) is 3.30. The van der Waals surface area contributed by atoms with Crippen molar-refractivity contribution in [2.24, 2.45) is 0 Å². The van der Waals surface area contributed by atoms with Gasteiger partial charge < -0.3 is 15.0 Å². The highest BCUT2D eigenvalue weighted by Gasteiger charge is 2.27. The fraction of sp³-hybridized carbons (Fsp3) is 0.375. The van der Waals surface area contributed by atoms with E-state index in [1.165, 1.54) is 5.56 Å². The molecule has 0 saturated heterocycles. The summed E-state index contributed by atoms with van der Waals surface area (Å²) in [6.07, 6.45) is 1.03. The van der Waals surface area contributed by atoms with Crippen LogP contribution in [0.15, 0.2) is 18.2 Å². The zero-order chi connectivity index (χ0) is 15.0. The molecule has 0 fully saturated rings. The summed E-state index contributed by atoms with van der Waals surface area (Å²) in [5.74, 6) is 0. The molecule has 5 heteroatoms. The number of carbonyl (C=O) groups is 1. The van der Waals surface area contributed by atoms with Gasteiger partial charge in [0, 0.05) is 31.9 Å². The highest BCUT2D eigenvalue weighted by Crippen LogP contribution is 2.30. The average molecular weight is 287 g/mol. The van der Waals surface area contributed by atoms with Gasteiger partial charge in [-0.25, -0.2) is 4.79 Å². The molecule has 0 unspecified atom stereocenters. The number of amides is 1. The molecule has 1 aromatic heterocycles. The SMILES string of the molecule is CC(C)OC(=O)N[C@@H]1Cc2[nH]c3ccc(C#N)cc3c2C1.[HH].[HH]. The van der Waals surface area contributed by atoms with Crippen molar-refractivity contribution < 1.29 is 12.4 Å². The minimum absolute atomic E-state index is 0. The van der Waals surface area contributed by atoms with Crippen LogP contribution >= 0.6 is 0 Å². The summed E-state index contributed by atoms with van der Waals surface area (Å²) < 4.78 is 5.11. The van der Waals surface area contributed by atoms with E-state index in [4.69, 9.17) is 10.00 Å². The van der Waals surface area contributed by atoms with Gasteiger partial charge in [-0.3, -0.25) is 0 Å². The zero-order valence-corrected chi connectivity index (χ0v) is 12.1. The number of aromatic nitrogens is 1. The number of carbonyl (C=O) groups excluding carboxylic acids is 1. The summed E-state index contributed by atoms with van der Waals surface area (Å²) in [5, 5.41) is 13.0. The molecule has 1 aromatic carbocycles. The lowest BCUT2D eigenvalue weighted by Gasteiger charge is -2.14. The first kappa shape index (κ1) is 13.5. The molecule has 1 aliphatic rings. The van der Waals surface area contributed by atoms with E-state index >= 15 is 0 Å². The molecule has 1 amide bonds. The molecule has 1 atom stereocenters. The Morgan fingerprint density at radius 1 is 1.52 bits per heavy atom. The van der Waals surface area contributed by atoms with E-state index in [9.17, 15) is 4.79 Å². The van der Waals surface area contributed by atoms with Crippen LogP contribution in [-0.4, -0.2) is 23.2 Å². The van der Waals surface area contributed by atoms with Gasteiger partial charge in [0.05, 0.1) is 17.7 Å². The second-order valence-corrected chi connectivity index (χ2v) is 5.66. The largest absolute Gasteiger partial charge is 0.447 e. The van der Waals surface area contributed by atoms with Crippen molar-refractivity contribution in [3.63, 3.8) is 0 Å². The second kappa shape index (κ2) is 5.13. The van der Waals surface area contributed by atoms with E-state index in [2.05, 4.69) is 16.4 Å². The maximum absolute atomic E-state index is 11.7. The average Bonchev–Trinajstić information content (AvgIpc) is 2.94. The first-order valence-electron chi connectivity index (χ1n) is 7.07. The number of aromatic amines is 1. The quantitative estimate of drug-likeness (QED) is 0.890. The van der Waals surface area contributed by atoms with Gasteiger partial charge in [-0.2, -0.15) is 5.26 Å². The van der Waals surface area contributed by atoms with E-state index < -0.39 is 0 Å². The Morgan fingerprint density at radius 3 is 3.05 bits per heavy atom. The summed E-state index contributed by atoms with van der Waals surface area (Å²) in [6, 6.07) is 7.85. The van der Waals surface area contributed by atoms with Gasteiger partial charge in [-0.15, -0.1) is 0 Å². The molecule has 0 spiro atoms. The van der Waals surface area contributed by atoms with Crippen LogP contribution in [0.5, 0.6) is 0 Å². The minimum Gasteiger partial charge on any atom is -0.447 e. The molecule has 0 aliphatic heterocycles. The Balaban J connectivity index is 0.00000132. The molecule has 112 valence electrons. The number of H-pyrrole nitrogens is 1. The molecule has 21 heavy (non-hydrogen) atoms. The van der Waals surface area contributed by atoms with Crippen LogP contribution < -0.4 is 5.32 Å². The fourth-order valence-corrected chi connectivity index (χ4v) is 2.86. The van der Waals surface area contributed by atoms with Crippen molar-refractivity contribution in [3.8, 4) is 6.07 Å². The number of nitrogens with zero attached hydrogens (tertiary/aromatic N) is 1. The fourth-order valence-electron chi connectivity index (χ4n) is 2.86. The second-order valence-electron chi connectivity index (χ2n) is 5.66. The smallest absolute Gasteiger partial charge is 0.407 e. The number of rotatable bonds is 2. The molecule has 0 bridgehead atoms. The van der Waals surface area contributed by atoms with E-state index in [0.29, 0.717) is 5.56 Å². The number of hydrogen-bond acceptors (Lipinski definition) is 3. The van der Waals surface area contributed by atoms with Gasteiger partial charge in [0.1, 0.15) is 0 Å². The van der Waals surface area contributed by atoms with Crippen molar-refractivity contribution >= 4 is 17.0 Å². The van der Waals surface area contributed by atoms with Crippen molar-refractivity contribution in [1.29, 1.82) is 5.26 Å². The highest BCUT2D eigenvalue weighted by atomic mass is 16.6. The monoisotopic (exact) mass is 287 g/mol. The Bertz CT molecular complexity index is 750. The molecule has 1 heterocycles. The number of alkyl carbamates (subject to hydrolysis) is 1. The van der Waals surface area contributed by atoms with Crippen molar-refractivity contribution in [1.82, 2.24) is 10.3 Å². The Labute approximate surface area is 125 Å². The van der Waals surface area contributed by atoms with Crippen LogP contribution in [0.3, 0.4) is 0 Å². The van der Waals surface area contributed by atoms with Gasteiger partial charge in [-0.1, -0.05) is 0 Å². The third-order valence-electron chi connectivity index (χ3n) is 3.69. The minimum atomic E-state index is -0.373. The summed E-state index contributed by atoms with van der Waals surface area (Å²) in [7, 11) is 0. The lowest BCUT2D eigenvalue weighted by atomic mass is 10.1. The van der Waals surface area contributed by atoms with Crippen molar-refractivity contribution in [2.75, 3.05) is 0 Å².